The van der Waals surface area contributed by atoms with E-state index in [0.29, 0.717) is 12.1 Å². The SMILES string of the molecule is C=CC(=C)C(=O)NCCSC. The number of amides is 1. The maximum Gasteiger partial charge on any atom is 0.250 e. The largest absolute Gasteiger partial charge is 0.351 e. The minimum absolute atomic E-state index is 0.131. The van der Waals surface area contributed by atoms with Crippen LogP contribution in [0.3, 0.4) is 0 Å². The highest BCUT2D eigenvalue weighted by atomic mass is 32.2. The molecule has 0 aliphatic heterocycles. The lowest BCUT2D eigenvalue weighted by atomic mass is 10.3. The number of thioether (sulfide) groups is 1. The predicted molar refractivity (Wildman–Crippen MR) is 50.7 cm³/mol. The van der Waals surface area contributed by atoms with Crippen LogP contribution in [0.4, 0.5) is 0 Å². The Labute approximate surface area is 71.7 Å². The van der Waals surface area contributed by atoms with E-state index < -0.39 is 0 Å². The minimum Gasteiger partial charge on any atom is -0.351 e. The van der Waals surface area contributed by atoms with E-state index >= 15 is 0 Å². The zero-order valence-electron chi connectivity index (χ0n) is 6.72. The third-order valence-electron chi connectivity index (χ3n) is 1.13. The second kappa shape index (κ2) is 6.04. The van der Waals surface area contributed by atoms with Crippen LogP contribution in [0.25, 0.3) is 0 Å². The number of rotatable bonds is 5. The molecule has 11 heavy (non-hydrogen) atoms. The van der Waals surface area contributed by atoms with Crippen LogP contribution in [0, 0.1) is 0 Å². The summed E-state index contributed by atoms with van der Waals surface area (Å²) in [6, 6.07) is 0. The van der Waals surface area contributed by atoms with E-state index in [-0.39, 0.29) is 5.91 Å². The molecule has 0 radical (unpaired) electrons. The van der Waals surface area contributed by atoms with Gasteiger partial charge >= 0.3 is 0 Å². The van der Waals surface area contributed by atoms with Gasteiger partial charge in [-0.1, -0.05) is 19.2 Å². The van der Waals surface area contributed by atoms with E-state index in [1.165, 1.54) is 6.08 Å². The van der Waals surface area contributed by atoms with Crippen molar-refractivity contribution in [3.8, 4) is 0 Å². The van der Waals surface area contributed by atoms with E-state index in [9.17, 15) is 4.79 Å². The predicted octanol–water partition coefficient (Wildman–Crippen LogP) is 1.21. The molecule has 0 bridgehead atoms. The first-order chi connectivity index (χ1) is 5.22. The molecule has 0 atom stereocenters. The highest BCUT2D eigenvalue weighted by Gasteiger charge is 1.99. The Morgan fingerprint density at radius 3 is 2.82 bits per heavy atom. The summed E-state index contributed by atoms with van der Waals surface area (Å²) in [5.41, 5.74) is 0.422. The fourth-order valence-corrected chi connectivity index (χ4v) is 0.779. The van der Waals surface area contributed by atoms with Crippen molar-refractivity contribution in [1.29, 1.82) is 0 Å². The molecular weight excluding hydrogens is 158 g/mol. The van der Waals surface area contributed by atoms with Gasteiger partial charge in [-0.2, -0.15) is 11.8 Å². The lowest BCUT2D eigenvalue weighted by molar-refractivity contribution is -0.117. The highest BCUT2D eigenvalue weighted by molar-refractivity contribution is 7.98. The molecule has 0 aliphatic carbocycles. The average Bonchev–Trinajstić information content (AvgIpc) is 2.03. The first-order valence-corrected chi connectivity index (χ1v) is 4.70. The van der Waals surface area contributed by atoms with Crippen molar-refractivity contribution in [2.45, 2.75) is 0 Å². The Balaban J connectivity index is 3.52. The monoisotopic (exact) mass is 171 g/mol. The van der Waals surface area contributed by atoms with E-state index in [1.54, 1.807) is 11.8 Å². The fourth-order valence-electron chi connectivity index (χ4n) is 0.473. The Morgan fingerprint density at radius 2 is 2.36 bits per heavy atom. The van der Waals surface area contributed by atoms with E-state index in [1.807, 2.05) is 6.26 Å². The van der Waals surface area contributed by atoms with Gasteiger partial charge < -0.3 is 5.32 Å². The number of nitrogens with one attached hydrogen (secondary N) is 1. The van der Waals surface area contributed by atoms with Gasteiger partial charge in [0.05, 0.1) is 0 Å². The average molecular weight is 171 g/mol. The third kappa shape index (κ3) is 4.67. The molecule has 0 aromatic rings. The normalized spacial score (nSPS) is 8.82. The molecule has 0 saturated heterocycles. The lowest BCUT2D eigenvalue weighted by Gasteiger charge is -2.01. The van der Waals surface area contributed by atoms with Gasteiger partial charge in [0, 0.05) is 17.9 Å². The van der Waals surface area contributed by atoms with Crippen LogP contribution in [-0.4, -0.2) is 24.5 Å². The summed E-state index contributed by atoms with van der Waals surface area (Å²) in [6.07, 6.45) is 3.45. The van der Waals surface area contributed by atoms with Crippen LogP contribution >= 0.6 is 11.8 Å². The topological polar surface area (TPSA) is 29.1 Å². The third-order valence-corrected chi connectivity index (χ3v) is 1.74. The molecule has 0 aromatic heterocycles. The standard InChI is InChI=1S/C8H13NOS/c1-4-7(2)8(10)9-5-6-11-3/h4H,1-2,5-6H2,3H3,(H,9,10). The summed E-state index contributed by atoms with van der Waals surface area (Å²) in [6.45, 7) is 7.65. The van der Waals surface area contributed by atoms with Crippen LogP contribution in [0.5, 0.6) is 0 Å². The molecule has 62 valence electrons. The van der Waals surface area contributed by atoms with Gasteiger partial charge in [-0.25, -0.2) is 0 Å². The molecule has 0 spiro atoms. The first-order valence-electron chi connectivity index (χ1n) is 3.31. The van der Waals surface area contributed by atoms with E-state index in [4.69, 9.17) is 0 Å². The van der Waals surface area contributed by atoms with Crippen molar-refractivity contribution < 1.29 is 4.79 Å². The van der Waals surface area contributed by atoms with Gasteiger partial charge in [0.1, 0.15) is 0 Å². The molecule has 0 unspecified atom stereocenters. The fraction of sp³-hybridized carbons (Fsp3) is 0.375. The maximum absolute atomic E-state index is 11.0. The molecule has 1 N–H and O–H groups in total. The van der Waals surface area contributed by atoms with Gasteiger partial charge in [-0.3, -0.25) is 4.79 Å². The number of carbonyl (C=O) groups excluding carboxylic acids is 1. The Morgan fingerprint density at radius 1 is 1.73 bits per heavy atom. The van der Waals surface area contributed by atoms with Crippen molar-refractivity contribution >= 4 is 17.7 Å². The highest BCUT2D eigenvalue weighted by Crippen LogP contribution is 1.91. The first kappa shape index (κ1) is 10.3. The summed E-state index contributed by atoms with van der Waals surface area (Å²) >= 11 is 1.69. The van der Waals surface area contributed by atoms with Crippen molar-refractivity contribution in [1.82, 2.24) is 5.32 Å². The van der Waals surface area contributed by atoms with E-state index in [0.717, 1.165) is 5.75 Å². The summed E-state index contributed by atoms with van der Waals surface area (Å²) < 4.78 is 0. The number of hydrogen-bond donors (Lipinski definition) is 1. The van der Waals surface area contributed by atoms with Crippen molar-refractivity contribution in [2.75, 3.05) is 18.6 Å². The molecule has 0 aromatic carbocycles. The molecule has 0 rings (SSSR count). The zero-order chi connectivity index (χ0) is 8.69. The van der Waals surface area contributed by atoms with Crippen LogP contribution in [0.15, 0.2) is 24.8 Å². The smallest absolute Gasteiger partial charge is 0.250 e. The van der Waals surface area contributed by atoms with Crippen molar-refractivity contribution in [3.05, 3.63) is 24.8 Å². The summed E-state index contributed by atoms with van der Waals surface area (Å²) in [7, 11) is 0. The van der Waals surface area contributed by atoms with Gasteiger partial charge in [-0.05, 0) is 6.26 Å². The van der Waals surface area contributed by atoms with Gasteiger partial charge in [0.15, 0.2) is 0 Å². The molecule has 1 amide bonds. The lowest BCUT2D eigenvalue weighted by Crippen LogP contribution is -2.26. The van der Waals surface area contributed by atoms with Crippen LogP contribution < -0.4 is 5.32 Å². The molecule has 0 aliphatic rings. The second-order valence-electron chi connectivity index (χ2n) is 1.98. The molecule has 0 heterocycles. The number of carbonyl (C=O) groups is 1. The maximum atomic E-state index is 11.0. The Hall–Kier alpha value is -0.700. The van der Waals surface area contributed by atoms with Gasteiger partial charge in [0.2, 0.25) is 0 Å². The molecule has 0 saturated carbocycles. The van der Waals surface area contributed by atoms with Crippen LogP contribution in [0.2, 0.25) is 0 Å². The summed E-state index contributed by atoms with van der Waals surface area (Å²) in [5, 5.41) is 2.70. The minimum atomic E-state index is -0.131. The zero-order valence-corrected chi connectivity index (χ0v) is 7.54. The Kier molecular flexibility index (Phi) is 5.65. The molecular formula is C8H13NOS. The van der Waals surface area contributed by atoms with Crippen molar-refractivity contribution in [2.24, 2.45) is 0 Å². The second-order valence-corrected chi connectivity index (χ2v) is 2.96. The van der Waals surface area contributed by atoms with E-state index in [2.05, 4.69) is 18.5 Å². The molecule has 3 heteroatoms. The van der Waals surface area contributed by atoms with Gasteiger partial charge in [-0.15, -0.1) is 0 Å². The molecule has 2 nitrogen and oxygen atoms in total. The number of hydrogen-bond acceptors (Lipinski definition) is 2. The van der Waals surface area contributed by atoms with Crippen LogP contribution in [-0.2, 0) is 4.79 Å². The molecule has 0 fully saturated rings. The quantitative estimate of drug-likeness (QED) is 0.383. The summed E-state index contributed by atoms with van der Waals surface area (Å²) in [4.78, 5) is 11.0. The summed E-state index contributed by atoms with van der Waals surface area (Å²) in [5.74, 6) is 0.796. The van der Waals surface area contributed by atoms with Gasteiger partial charge in [0.25, 0.3) is 5.91 Å². The van der Waals surface area contributed by atoms with Crippen molar-refractivity contribution in [3.63, 3.8) is 0 Å². The van der Waals surface area contributed by atoms with Crippen LogP contribution in [0.1, 0.15) is 0 Å². The Bertz CT molecular complexity index is 165.